The molecule has 2 heterocycles. The highest BCUT2D eigenvalue weighted by Gasteiger charge is 2.28. The lowest BCUT2D eigenvalue weighted by atomic mass is 9.92. The zero-order chi connectivity index (χ0) is 11.5. The summed E-state index contributed by atoms with van der Waals surface area (Å²) in [5.41, 5.74) is 0. The van der Waals surface area contributed by atoms with Gasteiger partial charge in [-0.3, -0.25) is 0 Å². The Hall–Kier alpha value is -0.870. The Morgan fingerprint density at radius 2 is 2.25 bits per heavy atom. The van der Waals surface area contributed by atoms with E-state index < -0.39 is 0 Å². The van der Waals surface area contributed by atoms with E-state index in [0.717, 1.165) is 31.7 Å². The van der Waals surface area contributed by atoms with Gasteiger partial charge < -0.3 is 10.0 Å². The third kappa shape index (κ3) is 2.28. The van der Waals surface area contributed by atoms with E-state index in [1.807, 2.05) is 0 Å². The van der Waals surface area contributed by atoms with Gasteiger partial charge >= 0.3 is 0 Å². The predicted molar refractivity (Wildman–Crippen MR) is 63.7 cm³/mol. The molecule has 16 heavy (non-hydrogen) atoms. The van der Waals surface area contributed by atoms with Crippen LogP contribution in [0, 0.1) is 5.92 Å². The quantitative estimate of drug-likeness (QED) is 0.857. The monoisotopic (exact) mass is 241 g/mol. The van der Waals surface area contributed by atoms with E-state index in [9.17, 15) is 5.11 Å². The summed E-state index contributed by atoms with van der Waals surface area (Å²) in [6.07, 6.45) is 4.77. The highest BCUT2D eigenvalue weighted by molar-refractivity contribution is 6.31. The summed E-state index contributed by atoms with van der Waals surface area (Å²) in [5, 5.41) is 10.2. The van der Waals surface area contributed by atoms with Crippen LogP contribution in [0.25, 0.3) is 0 Å². The van der Waals surface area contributed by atoms with Crippen molar-refractivity contribution in [2.45, 2.75) is 25.9 Å². The molecular formula is C11H16ClN3O. The van der Waals surface area contributed by atoms with Crippen molar-refractivity contribution in [1.82, 2.24) is 9.97 Å². The summed E-state index contributed by atoms with van der Waals surface area (Å²) in [4.78, 5) is 10.4. The van der Waals surface area contributed by atoms with Crippen LogP contribution in [0.1, 0.15) is 19.8 Å². The number of aliphatic hydroxyl groups is 1. The van der Waals surface area contributed by atoms with E-state index in [2.05, 4.69) is 21.8 Å². The van der Waals surface area contributed by atoms with Crippen LogP contribution in [0.2, 0.25) is 5.15 Å². The Balaban J connectivity index is 2.14. The van der Waals surface area contributed by atoms with Crippen molar-refractivity contribution < 1.29 is 5.11 Å². The van der Waals surface area contributed by atoms with Gasteiger partial charge in [0.2, 0.25) is 0 Å². The average Bonchev–Trinajstić information content (AvgIpc) is 2.31. The molecule has 0 aromatic carbocycles. The van der Waals surface area contributed by atoms with E-state index in [0.29, 0.717) is 11.1 Å². The van der Waals surface area contributed by atoms with Gasteiger partial charge in [-0.25, -0.2) is 9.97 Å². The van der Waals surface area contributed by atoms with Crippen molar-refractivity contribution in [3.05, 3.63) is 17.5 Å². The largest absolute Gasteiger partial charge is 0.393 e. The van der Waals surface area contributed by atoms with Crippen LogP contribution >= 0.6 is 11.6 Å². The number of aliphatic hydroxyl groups excluding tert-OH is 1. The number of rotatable bonds is 2. The zero-order valence-corrected chi connectivity index (χ0v) is 10.1. The topological polar surface area (TPSA) is 49.2 Å². The van der Waals surface area contributed by atoms with E-state index in [4.69, 9.17) is 11.6 Å². The molecule has 0 aliphatic carbocycles. The molecule has 4 nitrogen and oxygen atoms in total. The Morgan fingerprint density at radius 1 is 1.50 bits per heavy atom. The third-order valence-corrected chi connectivity index (χ3v) is 3.42. The molecule has 2 rings (SSSR count). The molecule has 1 aromatic heterocycles. The van der Waals surface area contributed by atoms with Gasteiger partial charge in [-0.05, 0) is 12.8 Å². The number of anilines is 1. The van der Waals surface area contributed by atoms with Crippen LogP contribution in [0.5, 0.6) is 0 Å². The van der Waals surface area contributed by atoms with Crippen molar-refractivity contribution in [2.75, 3.05) is 18.0 Å². The first-order chi connectivity index (χ1) is 7.72. The number of piperidine rings is 1. The van der Waals surface area contributed by atoms with Crippen molar-refractivity contribution in [3.63, 3.8) is 0 Å². The van der Waals surface area contributed by atoms with Gasteiger partial charge in [0.15, 0.2) is 11.0 Å². The SMILES string of the molecule is CC[C@@H]1CN(c2nccnc2Cl)CC[C@@H]1O. The molecule has 1 aromatic rings. The van der Waals surface area contributed by atoms with Crippen molar-refractivity contribution in [1.29, 1.82) is 0 Å². The van der Waals surface area contributed by atoms with Gasteiger partial charge in [0.1, 0.15) is 0 Å². The molecule has 1 N–H and O–H groups in total. The van der Waals surface area contributed by atoms with E-state index in [-0.39, 0.29) is 6.10 Å². The normalized spacial score (nSPS) is 25.8. The molecule has 5 heteroatoms. The molecule has 0 bridgehead atoms. The minimum absolute atomic E-state index is 0.198. The molecule has 1 saturated heterocycles. The first-order valence-corrected chi connectivity index (χ1v) is 5.99. The lowest BCUT2D eigenvalue weighted by Gasteiger charge is -2.36. The Kier molecular flexibility index (Phi) is 3.61. The van der Waals surface area contributed by atoms with Gasteiger partial charge in [-0.1, -0.05) is 18.5 Å². The second-order valence-corrected chi connectivity index (χ2v) is 4.50. The first-order valence-electron chi connectivity index (χ1n) is 5.62. The molecule has 1 fully saturated rings. The van der Waals surface area contributed by atoms with Crippen molar-refractivity contribution in [3.8, 4) is 0 Å². The lowest BCUT2D eigenvalue weighted by Crippen LogP contribution is -2.43. The molecule has 1 aliphatic rings. The first kappa shape index (κ1) is 11.6. The molecule has 0 amide bonds. The highest BCUT2D eigenvalue weighted by atomic mass is 35.5. The van der Waals surface area contributed by atoms with Crippen LogP contribution in [-0.4, -0.2) is 34.3 Å². The molecule has 2 atom stereocenters. The maximum atomic E-state index is 9.81. The van der Waals surface area contributed by atoms with Crippen LogP contribution in [0.4, 0.5) is 5.82 Å². The molecule has 1 aliphatic heterocycles. The fraction of sp³-hybridized carbons (Fsp3) is 0.636. The summed E-state index contributed by atoms with van der Waals surface area (Å²) < 4.78 is 0. The van der Waals surface area contributed by atoms with Gasteiger partial charge in [0.05, 0.1) is 6.10 Å². The Labute approximate surface area is 100 Å². The lowest BCUT2D eigenvalue weighted by molar-refractivity contribution is 0.0858. The Bertz CT molecular complexity index is 361. The number of aromatic nitrogens is 2. The maximum absolute atomic E-state index is 9.81. The summed E-state index contributed by atoms with van der Waals surface area (Å²) in [6.45, 7) is 3.68. The van der Waals surface area contributed by atoms with Crippen LogP contribution in [0.3, 0.4) is 0 Å². The molecular weight excluding hydrogens is 226 g/mol. The zero-order valence-electron chi connectivity index (χ0n) is 9.30. The minimum atomic E-state index is -0.198. The predicted octanol–water partition coefficient (Wildman–Crippen LogP) is 1.73. The molecule has 88 valence electrons. The van der Waals surface area contributed by atoms with E-state index in [1.54, 1.807) is 12.4 Å². The maximum Gasteiger partial charge on any atom is 0.171 e. The molecule has 0 spiro atoms. The van der Waals surface area contributed by atoms with Gasteiger partial charge in [-0.2, -0.15) is 0 Å². The second kappa shape index (κ2) is 4.97. The van der Waals surface area contributed by atoms with Gasteiger partial charge in [0.25, 0.3) is 0 Å². The van der Waals surface area contributed by atoms with Crippen LogP contribution < -0.4 is 4.90 Å². The average molecular weight is 242 g/mol. The van der Waals surface area contributed by atoms with Crippen molar-refractivity contribution >= 4 is 17.4 Å². The highest BCUT2D eigenvalue weighted by Crippen LogP contribution is 2.27. The third-order valence-electron chi connectivity index (χ3n) is 3.15. The van der Waals surface area contributed by atoms with Gasteiger partial charge in [0, 0.05) is 31.4 Å². The smallest absolute Gasteiger partial charge is 0.171 e. The molecule has 0 radical (unpaired) electrons. The minimum Gasteiger partial charge on any atom is -0.393 e. The van der Waals surface area contributed by atoms with Crippen molar-refractivity contribution in [2.24, 2.45) is 5.92 Å². The van der Waals surface area contributed by atoms with Gasteiger partial charge in [-0.15, -0.1) is 0 Å². The fourth-order valence-electron chi connectivity index (χ4n) is 2.14. The number of hydrogen-bond acceptors (Lipinski definition) is 4. The molecule has 0 saturated carbocycles. The Morgan fingerprint density at radius 3 is 2.94 bits per heavy atom. The number of halogens is 1. The standard InChI is InChI=1S/C11H16ClN3O/c1-2-8-7-15(6-3-9(8)16)11-10(12)13-4-5-14-11/h4-5,8-9,16H,2-3,6-7H2,1H3/t8-,9+/m1/s1. The van der Waals surface area contributed by atoms with E-state index >= 15 is 0 Å². The summed E-state index contributed by atoms with van der Waals surface area (Å²) in [5.74, 6) is 1.03. The number of nitrogens with zero attached hydrogens (tertiary/aromatic N) is 3. The number of hydrogen-bond donors (Lipinski definition) is 1. The summed E-state index contributed by atoms with van der Waals surface area (Å²) in [7, 11) is 0. The molecule has 0 unspecified atom stereocenters. The summed E-state index contributed by atoms with van der Waals surface area (Å²) in [6, 6.07) is 0. The summed E-state index contributed by atoms with van der Waals surface area (Å²) >= 11 is 6.01. The second-order valence-electron chi connectivity index (χ2n) is 4.14. The van der Waals surface area contributed by atoms with E-state index in [1.165, 1.54) is 0 Å². The van der Waals surface area contributed by atoms with Crippen LogP contribution in [-0.2, 0) is 0 Å². The van der Waals surface area contributed by atoms with Crippen LogP contribution in [0.15, 0.2) is 12.4 Å². The fourth-order valence-corrected chi connectivity index (χ4v) is 2.36.